The Kier molecular flexibility index (Phi) is 5.46. The van der Waals surface area contributed by atoms with E-state index in [9.17, 15) is 0 Å². The van der Waals surface area contributed by atoms with E-state index in [0.717, 1.165) is 16.9 Å². The fourth-order valence-corrected chi connectivity index (χ4v) is 2.24. The molecule has 0 aliphatic heterocycles. The highest BCUT2D eigenvalue weighted by molar-refractivity contribution is 5.46. The molecule has 1 aromatic heterocycles. The van der Waals surface area contributed by atoms with Gasteiger partial charge in [-0.05, 0) is 11.1 Å². The first-order valence-corrected chi connectivity index (χ1v) is 8.11. The predicted molar refractivity (Wildman–Crippen MR) is 97.9 cm³/mol. The minimum absolute atomic E-state index is 0.394. The summed E-state index contributed by atoms with van der Waals surface area (Å²) >= 11 is 0. The molecule has 0 saturated heterocycles. The van der Waals surface area contributed by atoms with Gasteiger partial charge in [-0.2, -0.15) is 0 Å². The predicted octanol–water partition coefficient (Wildman–Crippen LogP) is 3.70. The van der Waals surface area contributed by atoms with E-state index in [-0.39, 0.29) is 0 Å². The molecular weight excluding hydrogens is 314 g/mol. The second-order valence-corrected chi connectivity index (χ2v) is 5.81. The Bertz CT molecular complexity index is 793. The molecule has 3 rings (SSSR count). The van der Waals surface area contributed by atoms with Crippen LogP contribution in [0.1, 0.15) is 11.1 Å². The molecule has 3 aromatic rings. The Morgan fingerprint density at radius 3 is 1.88 bits per heavy atom. The SMILES string of the molecule is CN(C)c1cc(OCc2ccccc2)c(OCc2ccccc2)nn1. The van der Waals surface area contributed by atoms with Crippen molar-refractivity contribution in [3.63, 3.8) is 0 Å². The van der Waals surface area contributed by atoms with Crippen molar-refractivity contribution >= 4 is 5.82 Å². The molecule has 0 saturated carbocycles. The van der Waals surface area contributed by atoms with E-state index >= 15 is 0 Å². The molecule has 0 atom stereocenters. The molecule has 25 heavy (non-hydrogen) atoms. The van der Waals surface area contributed by atoms with Gasteiger partial charge in [-0.25, -0.2) is 0 Å². The molecule has 0 aliphatic carbocycles. The molecular formula is C20H21N3O2. The Hall–Kier alpha value is -3.08. The zero-order valence-electron chi connectivity index (χ0n) is 14.4. The summed E-state index contributed by atoms with van der Waals surface area (Å²) in [5.74, 6) is 1.69. The van der Waals surface area contributed by atoms with Crippen molar-refractivity contribution in [3.05, 3.63) is 77.9 Å². The lowest BCUT2D eigenvalue weighted by Gasteiger charge is -2.15. The number of rotatable bonds is 7. The van der Waals surface area contributed by atoms with Gasteiger partial charge in [0, 0.05) is 20.2 Å². The van der Waals surface area contributed by atoms with Gasteiger partial charge in [-0.1, -0.05) is 60.7 Å². The van der Waals surface area contributed by atoms with Crippen LogP contribution >= 0.6 is 0 Å². The van der Waals surface area contributed by atoms with Crippen LogP contribution in [0.4, 0.5) is 5.82 Å². The van der Waals surface area contributed by atoms with Gasteiger partial charge < -0.3 is 14.4 Å². The Labute approximate surface area is 147 Å². The van der Waals surface area contributed by atoms with Crippen LogP contribution in [-0.2, 0) is 13.2 Å². The standard InChI is InChI=1S/C20H21N3O2/c1-23(2)19-13-18(24-14-16-9-5-3-6-10-16)20(22-21-19)25-15-17-11-7-4-8-12-17/h3-13H,14-15H2,1-2H3. The first-order valence-electron chi connectivity index (χ1n) is 8.11. The first-order chi connectivity index (χ1) is 12.2. The second kappa shape index (κ2) is 8.15. The summed E-state index contributed by atoms with van der Waals surface area (Å²) in [6.07, 6.45) is 0. The lowest BCUT2D eigenvalue weighted by Crippen LogP contribution is -2.12. The van der Waals surface area contributed by atoms with Gasteiger partial charge >= 0.3 is 0 Å². The van der Waals surface area contributed by atoms with E-state index < -0.39 is 0 Å². The maximum atomic E-state index is 5.95. The molecule has 0 unspecified atom stereocenters. The Morgan fingerprint density at radius 1 is 0.760 bits per heavy atom. The molecule has 0 bridgehead atoms. The van der Waals surface area contributed by atoms with Crippen LogP contribution in [0.15, 0.2) is 66.7 Å². The van der Waals surface area contributed by atoms with Gasteiger partial charge in [-0.3, -0.25) is 0 Å². The number of nitrogens with zero attached hydrogens (tertiary/aromatic N) is 3. The lowest BCUT2D eigenvalue weighted by molar-refractivity contribution is 0.244. The van der Waals surface area contributed by atoms with Crippen molar-refractivity contribution in [3.8, 4) is 11.6 Å². The van der Waals surface area contributed by atoms with Crippen molar-refractivity contribution in [2.24, 2.45) is 0 Å². The third kappa shape index (κ3) is 4.70. The highest BCUT2D eigenvalue weighted by atomic mass is 16.5. The zero-order chi connectivity index (χ0) is 17.5. The van der Waals surface area contributed by atoms with E-state index in [0.29, 0.717) is 24.8 Å². The second-order valence-electron chi connectivity index (χ2n) is 5.81. The highest BCUT2D eigenvalue weighted by Gasteiger charge is 2.12. The minimum Gasteiger partial charge on any atom is -0.483 e. The number of ether oxygens (including phenoxy) is 2. The van der Waals surface area contributed by atoms with Crippen LogP contribution < -0.4 is 14.4 Å². The Morgan fingerprint density at radius 2 is 1.32 bits per heavy atom. The van der Waals surface area contributed by atoms with Crippen molar-refractivity contribution in [1.82, 2.24) is 10.2 Å². The molecule has 0 spiro atoms. The third-order valence-corrected chi connectivity index (χ3v) is 3.63. The van der Waals surface area contributed by atoms with Gasteiger partial charge in [0.25, 0.3) is 5.88 Å². The van der Waals surface area contributed by atoms with Gasteiger partial charge in [0.1, 0.15) is 13.2 Å². The smallest absolute Gasteiger partial charge is 0.276 e. The summed E-state index contributed by atoms with van der Waals surface area (Å²) in [7, 11) is 3.82. The topological polar surface area (TPSA) is 47.5 Å². The maximum absolute atomic E-state index is 5.95. The maximum Gasteiger partial charge on any atom is 0.276 e. The molecule has 0 fully saturated rings. The van der Waals surface area contributed by atoms with Crippen molar-refractivity contribution in [1.29, 1.82) is 0 Å². The fourth-order valence-electron chi connectivity index (χ4n) is 2.24. The van der Waals surface area contributed by atoms with Crippen molar-refractivity contribution in [2.45, 2.75) is 13.2 Å². The van der Waals surface area contributed by atoms with E-state index in [1.165, 1.54) is 0 Å². The average Bonchev–Trinajstić information content (AvgIpc) is 2.66. The number of benzene rings is 2. The van der Waals surface area contributed by atoms with E-state index in [1.54, 1.807) is 0 Å². The quantitative estimate of drug-likeness (QED) is 0.659. The number of aromatic nitrogens is 2. The normalized spacial score (nSPS) is 10.3. The number of hydrogen-bond acceptors (Lipinski definition) is 5. The average molecular weight is 335 g/mol. The monoisotopic (exact) mass is 335 g/mol. The molecule has 5 nitrogen and oxygen atoms in total. The van der Waals surface area contributed by atoms with Crippen LogP contribution in [0.3, 0.4) is 0 Å². The van der Waals surface area contributed by atoms with E-state index in [4.69, 9.17) is 9.47 Å². The van der Waals surface area contributed by atoms with E-state index in [1.807, 2.05) is 85.7 Å². The van der Waals surface area contributed by atoms with Crippen LogP contribution in [0.25, 0.3) is 0 Å². The van der Waals surface area contributed by atoms with Gasteiger partial charge in [0.15, 0.2) is 11.6 Å². The molecule has 5 heteroatoms. The molecule has 1 heterocycles. The van der Waals surface area contributed by atoms with Gasteiger partial charge in [0.2, 0.25) is 0 Å². The van der Waals surface area contributed by atoms with Crippen LogP contribution in [0, 0.1) is 0 Å². The Balaban J connectivity index is 1.76. The molecule has 0 aliphatic rings. The largest absolute Gasteiger partial charge is 0.483 e. The fraction of sp³-hybridized carbons (Fsp3) is 0.200. The first kappa shape index (κ1) is 16.8. The lowest BCUT2D eigenvalue weighted by atomic mass is 10.2. The molecule has 0 radical (unpaired) electrons. The molecule has 128 valence electrons. The summed E-state index contributed by atoms with van der Waals surface area (Å²) in [6.45, 7) is 0.861. The summed E-state index contributed by atoms with van der Waals surface area (Å²) in [5, 5.41) is 8.37. The van der Waals surface area contributed by atoms with Gasteiger partial charge in [-0.15, -0.1) is 10.2 Å². The van der Waals surface area contributed by atoms with Crippen LogP contribution in [-0.4, -0.2) is 24.3 Å². The third-order valence-electron chi connectivity index (χ3n) is 3.63. The highest BCUT2D eigenvalue weighted by Crippen LogP contribution is 2.28. The summed E-state index contributed by atoms with van der Waals surface area (Å²) < 4.78 is 11.8. The summed E-state index contributed by atoms with van der Waals surface area (Å²) in [6, 6.07) is 21.8. The summed E-state index contributed by atoms with van der Waals surface area (Å²) in [5.41, 5.74) is 2.15. The van der Waals surface area contributed by atoms with Crippen molar-refractivity contribution < 1.29 is 9.47 Å². The molecule has 0 amide bonds. The number of anilines is 1. The minimum atomic E-state index is 0.394. The van der Waals surface area contributed by atoms with Crippen LogP contribution in [0.2, 0.25) is 0 Å². The van der Waals surface area contributed by atoms with Crippen molar-refractivity contribution in [2.75, 3.05) is 19.0 Å². The number of hydrogen-bond donors (Lipinski definition) is 0. The van der Waals surface area contributed by atoms with Crippen LogP contribution in [0.5, 0.6) is 11.6 Å². The molecule has 0 N–H and O–H groups in total. The van der Waals surface area contributed by atoms with E-state index in [2.05, 4.69) is 10.2 Å². The summed E-state index contributed by atoms with van der Waals surface area (Å²) in [4.78, 5) is 1.88. The molecule has 2 aromatic carbocycles. The van der Waals surface area contributed by atoms with Gasteiger partial charge in [0.05, 0.1) is 0 Å². The zero-order valence-corrected chi connectivity index (χ0v) is 14.4.